The Morgan fingerprint density at radius 3 is 2.52 bits per heavy atom. The SMILES string of the molecule is CCC(C)c1ccc(CNCCC(C)C)cc1C1CC1C. The van der Waals surface area contributed by atoms with Crippen molar-refractivity contribution in [3.8, 4) is 0 Å². The van der Waals surface area contributed by atoms with Gasteiger partial charge in [0.2, 0.25) is 0 Å². The second kappa shape index (κ2) is 7.45. The van der Waals surface area contributed by atoms with E-state index in [9.17, 15) is 0 Å². The zero-order valence-corrected chi connectivity index (χ0v) is 14.6. The first-order chi connectivity index (χ1) is 10.0. The van der Waals surface area contributed by atoms with E-state index >= 15 is 0 Å². The predicted octanol–water partition coefficient (Wildman–Crippen LogP) is 5.46. The smallest absolute Gasteiger partial charge is 0.0205 e. The van der Waals surface area contributed by atoms with Crippen LogP contribution >= 0.6 is 0 Å². The third-order valence-electron chi connectivity index (χ3n) is 5.03. The van der Waals surface area contributed by atoms with E-state index in [0.717, 1.165) is 30.8 Å². The molecule has 1 aromatic rings. The standard InChI is InChI=1S/C20H33N/c1-6-15(4)18-8-7-17(13-21-10-9-14(2)3)12-20(18)19-11-16(19)5/h7-8,12,14-16,19,21H,6,9-11,13H2,1-5H3. The number of hydrogen-bond acceptors (Lipinski definition) is 1. The highest BCUT2D eigenvalue weighted by Crippen LogP contribution is 2.49. The van der Waals surface area contributed by atoms with Gasteiger partial charge in [0.15, 0.2) is 0 Å². The van der Waals surface area contributed by atoms with Crippen molar-refractivity contribution in [3.05, 3.63) is 34.9 Å². The van der Waals surface area contributed by atoms with Crippen LogP contribution in [0, 0.1) is 11.8 Å². The molecule has 118 valence electrons. The molecule has 1 saturated carbocycles. The lowest BCUT2D eigenvalue weighted by molar-refractivity contribution is 0.537. The summed E-state index contributed by atoms with van der Waals surface area (Å²) in [5.41, 5.74) is 4.69. The second-order valence-corrected chi connectivity index (χ2v) is 7.45. The Balaban J connectivity index is 2.03. The minimum absolute atomic E-state index is 0.691. The van der Waals surface area contributed by atoms with E-state index in [1.807, 2.05) is 0 Å². The average Bonchev–Trinajstić information content (AvgIpc) is 3.19. The molecule has 1 nitrogen and oxygen atoms in total. The summed E-state index contributed by atoms with van der Waals surface area (Å²) in [7, 11) is 0. The Hall–Kier alpha value is -0.820. The molecule has 0 saturated heterocycles. The molecule has 0 aromatic heterocycles. The fourth-order valence-electron chi connectivity index (χ4n) is 3.10. The quantitative estimate of drug-likeness (QED) is 0.626. The maximum Gasteiger partial charge on any atom is 0.0205 e. The Bertz CT molecular complexity index is 449. The summed E-state index contributed by atoms with van der Waals surface area (Å²) in [5.74, 6) is 3.19. The van der Waals surface area contributed by atoms with E-state index in [1.165, 1.54) is 24.8 Å². The lowest BCUT2D eigenvalue weighted by Gasteiger charge is -2.17. The lowest BCUT2D eigenvalue weighted by atomic mass is 9.89. The van der Waals surface area contributed by atoms with Crippen molar-refractivity contribution in [3.63, 3.8) is 0 Å². The van der Waals surface area contributed by atoms with Crippen LogP contribution in [-0.2, 0) is 6.54 Å². The fourth-order valence-corrected chi connectivity index (χ4v) is 3.10. The average molecular weight is 287 g/mol. The maximum atomic E-state index is 3.59. The van der Waals surface area contributed by atoms with E-state index in [1.54, 1.807) is 11.1 Å². The van der Waals surface area contributed by atoms with Gasteiger partial charge in [-0.3, -0.25) is 0 Å². The van der Waals surface area contributed by atoms with Gasteiger partial charge < -0.3 is 5.32 Å². The van der Waals surface area contributed by atoms with Crippen molar-refractivity contribution >= 4 is 0 Å². The van der Waals surface area contributed by atoms with Crippen molar-refractivity contribution in [2.24, 2.45) is 11.8 Å². The highest BCUT2D eigenvalue weighted by Gasteiger charge is 2.36. The summed E-state index contributed by atoms with van der Waals surface area (Å²) in [5, 5.41) is 3.59. The van der Waals surface area contributed by atoms with Gasteiger partial charge in [-0.05, 0) is 66.2 Å². The van der Waals surface area contributed by atoms with Crippen LogP contribution in [0.2, 0.25) is 0 Å². The highest BCUT2D eigenvalue weighted by atomic mass is 14.8. The summed E-state index contributed by atoms with van der Waals surface area (Å²) >= 11 is 0. The fraction of sp³-hybridized carbons (Fsp3) is 0.700. The molecule has 1 heteroatoms. The molecule has 0 heterocycles. The van der Waals surface area contributed by atoms with E-state index in [4.69, 9.17) is 0 Å². The molecule has 1 aliphatic carbocycles. The molecule has 0 aliphatic heterocycles. The third kappa shape index (κ3) is 4.57. The van der Waals surface area contributed by atoms with Crippen LogP contribution in [0.3, 0.4) is 0 Å². The molecule has 0 radical (unpaired) electrons. The highest BCUT2D eigenvalue weighted by molar-refractivity contribution is 5.39. The Labute approximate surface area is 131 Å². The van der Waals surface area contributed by atoms with Crippen LogP contribution in [0.1, 0.15) is 82.4 Å². The molecule has 1 aromatic carbocycles. The van der Waals surface area contributed by atoms with Gasteiger partial charge in [-0.1, -0.05) is 52.8 Å². The van der Waals surface area contributed by atoms with Crippen LogP contribution < -0.4 is 5.32 Å². The molecule has 2 rings (SSSR count). The maximum absolute atomic E-state index is 3.59. The molecule has 0 amide bonds. The van der Waals surface area contributed by atoms with Gasteiger partial charge in [0.1, 0.15) is 0 Å². The molecule has 21 heavy (non-hydrogen) atoms. The van der Waals surface area contributed by atoms with Crippen LogP contribution in [0.5, 0.6) is 0 Å². The number of benzene rings is 1. The van der Waals surface area contributed by atoms with Crippen molar-refractivity contribution < 1.29 is 0 Å². The first kappa shape index (κ1) is 16.5. The molecule has 0 spiro atoms. The number of nitrogens with one attached hydrogen (secondary N) is 1. The van der Waals surface area contributed by atoms with Crippen LogP contribution in [-0.4, -0.2) is 6.54 Å². The zero-order chi connectivity index (χ0) is 15.4. The largest absolute Gasteiger partial charge is 0.313 e. The first-order valence-corrected chi connectivity index (χ1v) is 8.86. The molecule has 0 bridgehead atoms. The molecule has 3 unspecified atom stereocenters. The van der Waals surface area contributed by atoms with Gasteiger partial charge >= 0.3 is 0 Å². The van der Waals surface area contributed by atoms with Gasteiger partial charge in [0.25, 0.3) is 0 Å². The molecule has 1 fully saturated rings. The van der Waals surface area contributed by atoms with E-state index in [0.29, 0.717) is 5.92 Å². The lowest BCUT2D eigenvalue weighted by Crippen LogP contribution is -2.16. The van der Waals surface area contributed by atoms with E-state index < -0.39 is 0 Å². The third-order valence-corrected chi connectivity index (χ3v) is 5.03. The molecule has 3 atom stereocenters. The monoisotopic (exact) mass is 287 g/mol. The summed E-state index contributed by atoms with van der Waals surface area (Å²) in [6.45, 7) is 13.8. The second-order valence-electron chi connectivity index (χ2n) is 7.45. The molecular formula is C20H33N. The Morgan fingerprint density at radius 2 is 1.95 bits per heavy atom. The molecule has 1 N–H and O–H groups in total. The summed E-state index contributed by atoms with van der Waals surface area (Å²) in [6, 6.07) is 7.21. The topological polar surface area (TPSA) is 12.0 Å². The molecule has 1 aliphatic rings. The predicted molar refractivity (Wildman–Crippen MR) is 92.8 cm³/mol. The van der Waals surface area contributed by atoms with Crippen molar-refractivity contribution in [2.45, 2.75) is 72.3 Å². The zero-order valence-electron chi connectivity index (χ0n) is 14.6. The van der Waals surface area contributed by atoms with Gasteiger partial charge in [-0.25, -0.2) is 0 Å². The van der Waals surface area contributed by atoms with Gasteiger partial charge in [0, 0.05) is 6.54 Å². The summed E-state index contributed by atoms with van der Waals surface area (Å²) in [4.78, 5) is 0. The minimum Gasteiger partial charge on any atom is -0.313 e. The van der Waals surface area contributed by atoms with Gasteiger partial charge in [-0.15, -0.1) is 0 Å². The van der Waals surface area contributed by atoms with Crippen molar-refractivity contribution in [2.75, 3.05) is 6.54 Å². The first-order valence-electron chi connectivity index (χ1n) is 8.86. The number of rotatable bonds is 8. The van der Waals surface area contributed by atoms with Gasteiger partial charge in [-0.2, -0.15) is 0 Å². The molecular weight excluding hydrogens is 254 g/mol. The number of hydrogen-bond donors (Lipinski definition) is 1. The van der Waals surface area contributed by atoms with Gasteiger partial charge in [0.05, 0.1) is 0 Å². The normalized spacial score (nSPS) is 22.6. The summed E-state index contributed by atoms with van der Waals surface area (Å²) < 4.78 is 0. The Kier molecular flexibility index (Phi) is 5.87. The van der Waals surface area contributed by atoms with Crippen molar-refractivity contribution in [1.29, 1.82) is 0 Å². The van der Waals surface area contributed by atoms with Crippen molar-refractivity contribution in [1.82, 2.24) is 5.32 Å². The Morgan fingerprint density at radius 1 is 1.24 bits per heavy atom. The summed E-state index contributed by atoms with van der Waals surface area (Å²) in [6.07, 6.45) is 3.88. The van der Waals surface area contributed by atoms with E-state index in [-0.39, 0.29) is 0 Å². The van der Waals surface area contributed by atoms with Crippen LogP contribution in [0.4, 0.5) is 0 Å². The van der Waals surface area contributed by atoms with Crippen LogP contribution in [0.15, 0.2) is 18.2 Å². The minimum atomic E-state index is 0.691. The van der Waals surface area contributed by atoms with Crippen LogP contribution in [0.25, 0.3) is 0 Å². The van der Waals surface area contributed by atoms with E-state index in [2.05, 4.69) is 58.1 Å².